The molecule has 2 nitrogen and oxygen atoms in total. The number of unbranched alkanes of at least 4 members (excludes halogenated alkanes) is 1. The van der Waals surface area contributed by atoms with Gasteiger partial charge in [0.25, 0.3) is 0 Å². The smallest absolute Gasteiger partial charge is 0.200 e. The summed E-state index contributed by atoms with van der Waals surface area (Å²) in [5.74, 6) is -9.27. The van der Waals surface area contributed by atoms with E-state index in [0.29, 0.717) is 39.0 Å². The van der Waals surface area contributed by atoms with Crippen molar-refractivity contribution >= 4 is 0 Å². The first-order valence-corrected chi connectivity index (χ1v) is 7.45. The van der Waals surface area contributed by atoms with Crippen molar-refractivity contribution in [2.24, 2.45) is 0 Å². The average Bonchev–Trinajstić information content (AvgIpc) is 2.55. The summed E-state index contributed by atoms with van der Waals surface area (Å²) in [6.45, 7) is 4.17. The molecule has 22 heavy (non-hydrogen) atoms. The molecule has 0 aliphatic carbocycles. The van der Waals surface area contributed by atoms with Crippen molar-refractivity contribution in [3.63, 3.8) is 0 Å². The van der Waals surface area contributed by atoms with Gasteiger partial charge in [0.1, 0.15) is 0 Å². The van der Waals surface area contributed by atoms with Crippen molar-refractivity contribution in [1.29, 1.82) is 0 Å². The lowest BCUT2D eigenvalue weighted by Gasteiger charge is -2.35. The molecule has 2 rings (SSSR count). The van der Waals surface area contributed by atoms with Crippen LogP contribution < -0.4 is 5.32 Å². The Bertz CT molecular complexity index is 500. The number of benzene rings is 1. The molecule has 1 aromatic rings. The van der Waals surface area contributed by atoms with Gasteiger partial charge in [0.2, 0.25) is 5.82 Å². The Balaban J connectivity index is 2.46. The highest BCUT2D eigenvalue weighted by atomic mass is 19.2. The summed E-state index contributed by atoms with van der Waals surface area (Å²) in [4.78, 5) is 1.78. The summed E-state index contributed by atoms with van der Waals surface area (Å²) in [6, 6.07) is -0.799. The molecule has 0 unspecified atom stereocenters. The number of hydrogen-bond acceptors (Lipinski definition) is 2. The van der Waals surface area contributed by atoms with Gasteiger partial charge in [-0.3, -0.25) is 4.90 Å². The largest absolute Gasteiger partial charge is 0.314 e. The average molecular weight is 322 g/mol. The molecular formula is C15H19F5N2. The molecule has 0 spiro atoms. The molecule has 124 valence electrons. The molecule has 7 heteroatoms. The molecule has 1 atom stereocenters. The Morgan fingerprint density at radius 1 is 0.909 bits per heavy atom. The first-order valence-electron chi connectivity index (χ1n) is 7.45. The molecule has 1 fully saturated rings. The van der Waals surface area contributed by atoms with Gasteiger partial charge in [-0.1, -0.05) is 19.8 Å². The molecule has 1 N–H and O–H groups in total. The summed E-state index contributed by atoms with van der Waals surface area (Å²) >= 11 is 0. The van der Waals surface area contributed by atoms with E-state index in [4.69, 9.17) is 0 Å². The predicted octanol–water partition coefficient (Wildman–Crippen LogP) is 3.52. The molecule has 1 aromatic carbocycles. The number of rotatable bonds is 5. The second-order valence-corrected chi connectivity index (χ2v) is 5.43. The van der Waals surface area contributed by atoms with Crippen LogP contribution in [0.15, 0.2) is 0 Å². The van der Waals surface area contributed by atoms with Gasteiger partial charge < -0.3 is 5.32 Å². The molecule has 0 aromatic heterocycles. The summed E-state index contributed by atoms with van der Waals surface area (Å²) in [7, 11) is 0. The van der Waals surface area contributed by atoms with Crippen LogP contribution in [0, 0.1) is 29.1 Å². The lowest BCUT2D eigenvalue weighted by molar-refractivity contribution is 0.154. The van der Waals surface area contributed by atoms with E-state index in [1.165, 1.54) is 0 Å². The monoisotopic (exact) mass is 322 g/mol. The summed E-state index contributed by atoms with van der Waals surface area (Å²) < 4.78 is 68.3. The SMILES string of the molecule is CCCC[C@@H](c1c(F)c(F)c(F)c(F)c1F)N1CCNCC1. The zero-order chi connectivity index (χ0) is 16.3. The van der Waals surface area contributed by atoms with E-state index in [9.17, 15) is 22.0 Å². The van der Waals surface area contributed by atoms with Crippen LogP contribution in [0.5, 0.6) is 0 Å². The van der Waals surface area contributed by atoms with Crippen LogP contribution in [0.2, 0.25) is 0 Å². The second-order valence-electron chi connectivity index (χ2n) is 5.43. The first kappa shape index (κ1) is 17.1. The zero-order valence-corrected chi connectivity index (χ0v) is 12.4. The minimum absolute atomic E-state index is 0.356. The molecular weight excluding hydrogens is 303 g/mol. The van der Waals surface area contributed by atoms with Gasteiger partial charge in [0.05, 0.1) is 0 Å². The number of piperazine rings is 1. The minimum Gasteiger partial charge on any atom is -0.314 e. The summed E-state index contributed by atoms with van der Waals surface area (Å²) in [5, 5.41) is 3.10. The maximum atomic E-state index is 14.1. The van der Waals surface area contributed by atoms with Gasteiger partial charge in [-0.2, -0.15) is 0 Å². The highest BCUT2D eigenvalue weighted by molar-refractivity contribution is 5.27. The maximum absolute atomic E-state index is 14.1. The molecule has 0 radical (unpaired) electrons. The normalized spacial score (nSPS) is 17.7. The molecule has 0 amide bonds. The van der Waals surface area contributed by atoms with E-state index >= 15 is 0 Å². The molecule has 1 heterocycles. The van der Waals surface area contributed by atoms with Crippen LogP contribution in [0.1, 0.15) is 37.8 Å². The van der Waals surface area contributed by atoms with Crippen LogP contribution in [-0.4, -0.2) is 31.1 Å². The van der Waals surface area contributed by atoms with Gasteiger partial charge in [-0.05, 0) is 6.42 Å². The third-order valence-corrected chi connectivity index (χ3v) is 4.00. The molecule has 1 saturated heterocycles. The van der Waals surface area contributed by atoms with Crippen molar-refractivity contribution in [3.05, 3.63) is 34.6 Å². The first-order chi connectivity index (χ1) is 10.5. The topological polar surface area (TPSA) is 15.3 Å². The molecule has 1 aliphatic heterocycles. The zero-order valence-electron chi connectivity index (χ0n) is 12.4. The highest BCUT2D eigenvalue weighted by Crippen LogP contribution is 2.34. The van der Waals surface area contributed by atoms with Gasteiger partial charge in [-0.15, -0.1) is 0 Å². The van der Waals surface area contributed by atoms with Crippen molar-refractivity contribution in [2.75, 3.05) is 26.2 Å². The second kappa shape index (κ2) is 7.37. The number of halogens is 5. The number of nitrogens with zero attached hydrogens (tertiary/aromatic N) is 1. The van der Waals surface area contributed by atoms with Crippen molar-refractivity contribution in [1.82, 2.24) is 10.2 Å². The molecule has 0 bridgehead atoms. The van der Waals surface area contributed by atoms with E-state index in [1.54, 1.807) is 4.90 Å². The Morgan fingerprint density at radius 3 is 1.91 bits per heavy atom. The summed E-state index contributed by atoms with van der Waals surface area (Å²) in [5.41, 5.74) is -0.702. The van der Waals surface area contributed by atoms with Crippen LogP contribution in [-0.2, 0) is 0 Å². The molecule has 0 saturated carbocycles. The number of hydrogen-bond donors (Lipinski definition) is 1. The highest BCUT2D eigenvalue weighted by Gasteiger charge is 2.33. The van der Waals surface area contributed by atoms with Crippen LogP contribution >= 0.6 is 0 Å². The van der Waals surface area contributed by atoms with E-state index < -0.39 is 40.7 Å². The van der Waals surface area contributed by atoms with E-state index in [1.807, 2.05) is 6.92 Å². The fraction of sp³-hybridized carbons (Fsp3) is 0.600. The Hall–Kier alpha value is -1.21. The van der Waals surface area contributed by atoms with Gasteiger partial charge >= 0.3 is 0 Å². The van der Waals surface area contributed by atoms with Crippen LogP contribution in [0.4, 0.5) is 22.0 Å². The van der Waals surface area contributed by atoms with E-state index in [0.717, 1.165) is 6.42 Å². The molecule has 1 aliphatic rings. The van der Waals surface area contributed by atoms with E-state index in [-0.39, 0.29) is 0 Å². The fourth-order valence-electron chi connectivity index (χ4n) is 2.82. The Morgan fingerprint density at radius 2 is 1.41 bits per heavy atom. The Kier molecular flexibility index (Phi) is 5.74. The predicted molar refractivity (Wildman–Crippen MR) is 72.9 cm³/mol. The standard InChI is InChI=1S/C15H19F5N2/c1-2-3-4-9(22-7-5-21-6-8-22)10-11(16)13(18)15(20)14(19)12(10)17/h9,21H,2-8H2,1H3/t9-/m0/s1. The third-order valence-electron chi connectivity index (χ3n) is 4.00. The van der Waals surface area contributed by atoms with Gasteiger partial charge in [-0.25, -0.2) is 22.0 Å². The van der Waals surface area contributed by atoms with Crippen LogP contribution in [0.25, 0.3) is 0 Å². The van der Waals surface area contributed by atoms with Crippen molar-refractivity contribution < 1.29 is 22.0 Å². The third kappa shape index (κ3) is 3.25. The van der Waals surface area contributed by atoms with Crippen LogP contribution in [0.3, 0.4) is 0 Å². The van der Waals surface area contributed by atoms with Gasteiger partial charge in [0.15, 0.2) is 23.3 Å². The summed E-state index contributed by atoms with van der Waals surface area (Å²) in [6.07, 6.45) is 1.78. The number of nitrogens with one attached hydrogen (secondary N) is 1. The fourth-order valence-corrected chi connectivity index (χ4v) is 2.82. The van der Waals surface area contributed by atoms with E-state index in [2.05, 4.69) is 5.32 Å². The van der Waals surface area contributed by atoms with Crippen molar-refractivity contribution in [3.8, 4) is 0 Å². The quantitative estimate of drug-likeness (QED) is 0.507. The lowest BCUT2D eigenvalue weighted by atomic mass is 9.97. The van der Waals surface area contributed by atoms with Gasteiger partial charge in [0, 0.05) is 37.8 Å². The van der Waals surface area contributed by atoms with Crippen molar-refractivity contribution in [2.45, 2.75) is 32.2 Å². The maximum Gasteiger partial charge on any atom is 0.200 e. The lowest BCUT2D eigenvalue weighted by Crippen LogP contribution is -2.45. The minimum atomic E-state index is -2.10. The Labute approximate surface area is 126 Å².